The van der Waals surface area contributed by atoms with Gasteiger partial charge in [-0.15, -0.1) is 0 Å². The van der Waals surface area contributed by atoms with Gasteiger partial charge in [0, 0.05) is 18.3 Å². The van der Waals surface area contributed by atoms with E-state index in [0.717, 1.165) is 15.9 Å². The topological polar surface area (TPSA) is 30.2 Å². The fraction of sp³-hybridized carbons (Fsp3) is 0.455. The standard InChI is InChI=1S/C11H11BrClN3/c12-9-8-10(13)14-5-6-16(8)11(15-9)7-3-1-2-4-7/h5-7H,1-4H2. The SMILES string of the molecule is Clc1nccn2c(C3CCCC3)nc(Br)c12. The molecule has 0 aromatic carbocycles. The summed E-state index contributed by atoms with van der Waals surface area (Å²) in [6, 6.07) is 0. The predicted octanol–water partition coefficient (Wildman–Crippen LogP) is 3.80. The van der Waals surface area contributed by atoms with Crippen molar-refractivity contribution in [3.05, 3.63) is 28.0 Å². The smallest absolute Gasteiger partial charge is 0.155 e. The molecule has 3 nitrogen and oxygen atoms in total. The summed E-state index contributed by atoms with van der Waals surface area (Å²) in [5.41, 5.74) is 0.881. The van der Waals surface area contributed by atoms with Crippen molar-refractivity contribution in [1.82, 2.24) is 14.4 Å². The molecule has 1 fully saturated rings. The second-order valence-electron chi connectivity index (χ2n) is 4.18. The van der Waals surface area contributed by atoms with Gasteiger partial charge in [0.25, 0.3) is 0 Å². The highest BCUT2D eigenvalue weighted by Crippen LogP contribution is 2.36. The number of imidazole rings is 1. The Kier molecular flexibility index (Phi) is 2.64. The molecule has 3 rings (SSSR count). The Hall–Kier alpha value is -0.610. The molecule has 2 heterocycles. The average Bonchev–Trinajstić information content (AvgIpc) is 2.86. The molecule has 1 aliphatic rings. The highest BCUT2D eigenvalue weighted by molar-refractivity contribution is 9.10. The number of fused-ring (bicyclic) bond motifs is 1. The maximum absolute atomic E-state index is 6.08. The summed E-state index contributed by atoms with van der Waals surface area (Å²) in [5.74, 6) is 1.68. The van der Waals surface area contributed by atoms with Gasteiger partial charge in [-0.3, -0.25) is 4.40 Å². The Labute approximate surface area is 107 Å². The van der Waals surface area contributed by atoms with Crippen LogP contribution in [-0.4, -0.2) is 14.4 Å². The third-order valence-corrected chi connectivity index (χ3v) is 4.04. The highest BCUT2D eigenvalue weighted by Gasteiger charge is 2.23. The van der Waals surface area contributed by atoms with Crippen molar-refractivity contribution in [3.8, 4) is 0 Å². The lowest BCUT2D eigenvalue weighted by atomic mass is 10.1. The number of aromatic nitrogens is 3. The summed E-state index contributed by atoms with van der Waals surface area (Å²) in [7, 11) is 0. The molecule has 0 bridgehead atoms. The molecule has 16 heavy (non-hydrogen) atoms. The Bertz CT molecular complexity index is 531. The lowest BCUT2D eigenvalue weighted by Gasteiger charge is -2.07. The van der Waals surface area contributed by atoms with Crippen LogP contribution in [0.4, 0.5) is 0 Å². The van der Waals surface area contributed by atoms with Crippen LogP contribution in [0.1, 0.15) is 37.4 Å². The molecule has 2 aromatic rings. The molecule has 1 saturated carbocycles. The molecule has 0 radical (unpaired) electrons. The van der Waals surface area contributed by atoms with E-state index in [1.54, 1.807) is 6.20 Å². The van der Waals surface area contributed by atoms with E-state index in [1.165, 1.54) is 25.7 Å². The first-order chi connectivity index (χ1) is 7.77. The van der Waals surface area contributed by atoms with Gasteiger partial charge in [-0.05, 0) is 28.8 Å². The molecule has 0 aliphatic heterocycles. The number of nitrogens with zero attached hydrogens (tertiary/aromatic N) is 3. The van der Waals surface area contributed by atoms with E-state index in [1.807, 2.05) is 6.20 Å². The molecular formula is C11H11BrClN3. The molecule has 0 spiro atoms. The summed E-state index contributed by atoms with van der Waals surface area (Å²) in [6.45, 7) is 0. The summed E-state index contributed by atoms with van der Waals surface area (Å²) >= 11 is 9.54. The van der Waals surface area contributed by atoms with E-state index in [0.29, 0.717) is 11.1 Å². The zero-order chi connectivity index (χ0) is 11.1. The van der Waals surface area contributed by atoms with Crippen molar-refractivity contribution in [2.45, 2.75) is 31.6 Å². The molecule has 0 atom stereocenters. The Balaban J connectivity index is 2.22. The molecular weight excluding hydrogens is 289 g/mol. The first kappa shape index (κ1) is 10.5. The highest BCUT2D eigenvalue weighted by atomic mass is 79.9. The van der Waals surface area contributed by atoms with E-state index in [9.17, 15) is 0 Å². The van der Waals surface area contributed by atoms with Crippen LogP contribution in [0.2, 0.25) is 5.15 Å². The largest absolute Gasteiger partial charge is 0.298 e. The second kappa shape index (κ2) is 4.00. The fourth-order valence-electron chi connectivity index (χ4n) is 2.46. The van der Waals surface area contributed by atoms with Crippen LogP contribution in [0.15, 0.2) is 17.0 Å². The van der Waals surface area contributed by atoms with Crippen LogP contribution >= 0.6 is 27.5 Å². The molecule has 0 amide bonds. The average molecular weight is 301 g/mol. The monoisotopic (exact) mass is 299 g/mol. The Morgan fingerprint density at radius 1 is 1.38 bits per heavy atom. The molecule has 84 valence electrons. The van der Waals surface area contributed by atoms with E-state index in [2.05, 4.69) is 30.3 Å². The van der Waals surface area contributed by atoms with Crippen molar-refractivity contribution in [2.24, 2.45) is 0 Å². The third kappa shape index (κ3) is 1.55. The summed E-state index contributed by atoms with van der Waals surface area (Å²) in [5, 5.41) is 0.506. The summed E-state index contributed by atoms with van der Waals surface area (Å²) < 4.78 is 2.86. The van der Waals surface area contributed by atoms with Crippen LogP contribution in [0.5, 0.6) is 0 Å². The minimum Gasteiger partial charge on any atom is -0.298 e. The fourth-order valence-corrected chi connectivity index (χ4v) is 3.37. The van der Waals surface area contributed by atoms with Gasteiger partial charge in [-0.1, -0.05) is 24.4 Å². The molecule has 0 unspecified atom stereocenters. The third-order valence-electron chi connectivity index (χ3n) is 3.22. The van der Waals surface area contributed by atoms with Gasteiger partial charge in [0.2, 0.25) is 0 Å². The van der Waals surface area contributed by atoms with E-state index < -0.39 is 0 Å². The molecule has 0 saturated heterocycles. The van der Waals surface area contributed by atoms with Gasteiger partial charge in [-0.2, -0.15) is 0 Å². The number of hydrogen-bond donors (Lipinski definition) is 0. The van der Waals surface area contributed by atoms with E-state index in [4.69, 9.17) is 11.6 Å². The second-order valence-corrected chi connectivity index (χ2v) is 5.29. The van der Waals surface area contributed by atoms with Gasteiger partial charge in [-0.25, -0.2) is 9.97 Å². The van der Waals surface area contributed by atoms with Crippen LogP contribution in [0.3, 0.4) is 0 Å². The zero-order valence-electron chi connectivity index (χ0n) is 8.66. The van der Waals surface area contributed by atoms with Gasteiger partial charge in [0.1, 0.15) is 15.9 Å². The maximum Gasteiger partial charge on any atom is 0.155 e. The maximum atomic E-state index is 6.08. The normalized spacial score (nSPS) is 17.4. The Morgan fingerprint density at radius 3 is 2.88 bits per heavy atom. The molecule has 2 aromatic heterocycles. The van der Waals surface area contributed by atoms with Crippen LogP contribution in [0, 0.1) is 0 Å². The van der Waals surface area contributed by atoms with E-state index in [-0.39, 0.29) is 0 Å². The lowest BCUT2D eigenvalue weighted by Crippen LogP contribution is -2.00. The summed E-state index contributed by atoms with van der Waals surface area (Å²) in [4.78, 5) is 8.67. The van der Waals surface area contributed by atoms with Crippen molar-refractivity contribution in [3.63, 3.8) is 0 Å². The van der Waals surface area contributed by atoms with Crippen LogP contribution < -0.4 is 0 Å². The molecule has 0 N–H and O–H groups in total. The van der Waals surface area contributed by atoms with Crippen molar-refractivity contribution in [2.75, 3.05) is 0 Å². The van der Waals surface area contributed by atoms with Crippen molar-refractivity contribution >= 4 is 33.0 Å². The first-order valence-corrected chi connectivity index (χ1v) is 6.62. The van der Waals surface area contributed by atoms with E-state index >= 15 is 0 Å². The predicted molar refractivity (Wildman–Crippen MR) is 66.9 cm³/mol. The Morgan fingerprint density at radius 2 is 2.12 bits per heavy atom. The molecule has 1 aliphatic carbocycles. The van der Waals surface area contributed by atoms with Crippen LogP contribution in [-0.2, 0) is 0 Å². The van der Waals surface area contributed by atoms with Gasteiger partial charge >= 0.3 is 0 Å². The van der Waals surface area contributed by atoms with Crippen molar-refractivity contribution < 1.29 is 0 Å². The van der Waals surface area contributed by atoms with Crippen molar-refractivity contribution in [1.29, 1.82) is 0 Å². The molecule has 5 heteroatoms. The van der Waals surface area contributed by atoms with Gasteiger partial charge in [0.15, 0.2) is 5.15 Å². The first-order valence-electron chi connectivity index (χ1n) is 5.45. The minimum absolute atomic E-state index is 0.506. The van der Waals surface area contributed by atoms with Crippen LogP contribution in [0.25, 0.3) is 5.52 Å². The minimum atomic E-state index is 0.506. The summed E-state index contributed by atoms with van der Waals surface area (Å²) in [6.07, 6.45) is 8.72. The quantitative estimate of drug-likeness (QED) is 0.802. The van der Waals surface area contributed by atoms with Gasteiger partial charge < -0.3 is 0 Å². The van der Waals surface area contributed by atoms with Gasteiger partial charge in [0.05, 0.1) is 0 Å². The lowest BCUT2D eigenvalue weighted by molar-refractivity contribution is 0.663. The number of hydrogen-bond acceptors (Lipinski definition) is 2. The zero-order valence-corrected chi connectivity index (χ0v) is 11.0. The number of rotatable bonds is 1. The number of halogens is 2.